The van der Waals surface area contributed by atoms with Gasteiger partial charge in [0.25, 0.3) is 5.76 Å². The van der Waals surface area contributed by atoms with E-state index in [1.165, 1.54) is 25.6 Å². The zero-order valence-corrected chi connectivity index (χ0v) is 11.5. The van der Waals surface area contributed by atoms with Gasteiger partial charge < -0.3 is 14.0 Å². The summed E-state index contributed by atoms with van der Waals surface area (Å²) in [6.45, 7) is 0. The van der Waals surface area contributed by atoms with E-state index in [0.29, 0.717) is 9.21 Å². The summed E-state index contributed by atoms with van der Waals surface area (Å²) < 4.78 is 14.5. The van der Waals surface area contributed by atoms with Crippen LogP contribution in [0.25, 0.3) is 10.6 Å². The number of ether oxygens (including phenoxy) is 2. The molecule has 2 aromatic rings. The highest BCUT2D eigenvalue weighted by Gasteiger charge is 2.30. The average Bonchev–Trinajstić information content (AvgIpc) is 3.02. The first kappa shape index (κ1) is 13.6. The van der Waals surface area contributed by atoms with Crippen LogP contribution in [-0.2, 0) is 9.47 Å². The molecule has 0 saturated heterocycles. The standard InChI is InChI=1S/C11H8ClNO5S/c1-16-10(14)7-8(5-3-4-6(12)19-5)13-18-9(7)11(15)17-2/h3-4H,1-2H3. The maximum absolute atomic E-state index is 11.8. The van der Waals surface area contributed by atoms with E-state index in [0.717, 1.165) is 0 Å². The zero-order chi connectivity index (χ0) is 14.0. The molecule has 19 heavy (non-hydrogen) atoms. The van der Waals surface area contributed by atoms with E-state index in [2.05, 4.69) is 14.6 Å². The van der Waals surface area contributed by atoms with Crippen LogP contribution in [0.1, 0.15) is 20.9 Å². The maximum atomic E-state index is 11.8. The molecule has 0 saturated carbocycles. The van der Waals surface area contributed by atoms with E-state index in [1.807, 2.05) is 0 Å². The largest absolute Gasteiger partial charge is 0.465 e. The summed E-state index contributed by atoms with van der Waals surface area (Å²) >= 11 is 7.02. The molecular weight excluding hydrogens is 294 g/mol. The fourth-order valence-electron chi connectivity index (χ4n) is 1.42. The van der Waals surface area contributed by atoms with Gasteiger partial charge in [0.2, 0.25) is 0 Å². The van der Waals surface area contributed by atoms with Crippen LogP contribution in [0.3, 0.4) is 0 Å². The van der Waals surface area contributed by atoms with E-state index in [9.17, 15) is 9.59 Å². The smallest absolute Gasteiger partial charge is 0.377 e. The molecular formula is C11H8ClNO5S. The van der Waals surface area contributed by atoms with E-state index >= 15 is 0 Å². The lowest BCUT2D eigenvalue weighted by Crippen LogP contribution is -2.10. The Morgan fingerprint density at radius 1 is 1.26 bits per heavy atom. The minimum Gasteiger partial charge on any atom is -0.465 e. The highest BCUT2D eigenvalue weighted by atomic mass is 35.5. The number of methoxy groups -OCH3 is 2. The van der Waals surface area contributed by atoms with Gasteiger partial charge >= 0.3 is 11.9 Å². The monoisotopic (exact) mass is 301 g/mol. The minimum absolute atomic E-state index is 0.0760. The third-order valence-electron chi connectivity index (χ3n) is 2.26. The summed E-state index contributed by atoms with van der Waals surface area (Å²) in [4.78, 5) is 23.9. The lowest BCUT2D eigenvalue weighted by Gasteiger charge is -1.99. The van der Waals surface area contributed by atoms with Gasteiger partial charge in [0.15, 0.2) is 0 Å². The van der Waals surface area contributed by atoms with E-state index in [-0.39, 0.29) is 17.0 Å². The molecule has 8 heteroatoms. The van der Waals surface area contributed by atoms with Gasteiger partial charge in [0, 0.05) is 0 Å². The van der Waals surface area contributed by atoms with Crippen molar-refractivity contribution in [1.82, 2.24) is 5.16 Å². The molecule has 0 atom stereocenters. The molecule has 0 aliphatic heterocycles. The number of nitrogens with zero attached hydrogens (tertiary/aromatic N) is 1. The van der Waals surface area contributed by atoms with Crippen molar-refractivity contribution >= 4 is 34.9 Å². The quantitative estimate of drug-likeness (QED) is 0.811. The molecule has 0 spiro atoms. The molecule has 0 amide bonds. The van der Waals surface area contributed by atoms with Crippen molar-refractivity contribution in [3.63, 3.8) is 0 Å². The average molecular weight is 302 g/mol. The number of aromatic nitrogens is 1. The van der Waals surface area contributed by atoms with E-state index in [4.69, 9.17) is 16.1 Å². The van der Waals surface area contributed by atoms with Gasteiger partial charge in [0.05, 0.1) is 23.4 Å². The number of halogens is 1. The number of rotatable bonds is 3. The first-order valence-corrected chi connectivity index (χ1v) is 6.20. The number of thiophene rings is 1. The van der Waals surface area contributed by atoms with Crippen molar-refractivity contribution in [3.05, 3.63) is 27.8 Å². The third-order valence-corrected chi connectivity index (χ3v) is 3.50. The Labute approximate surface area is 116 Å². The highest BCUT2D eigenvalue weighted by molar-refractivity contribution is 7.19. The first-order chi connectivity index (χ1) is 9.08. The molecule has 2 rings (SSSR count). The molecule has 0 aromatic carbocycles. The topological polar surface area (TPSA) is 78.6 Å². The lowest BCUT2D eigenvalue weighted by atomic mass is 10.1. The van der Waals surface area contributed by atoms with Gasteiger partial charge in [-0.15, -0.1) is 11.3 Å². The molecule has 0 aliphatic rings. The summed E-state index contributed by atoms with van der Waals surface area (Å²) in [6, 6.07) is 3.31. The Bertz CT molecular complexity index is 633. The van der Waals surface area contributed by atoms with Crippen molar-refractivity contribution in [2.75, 3.05) is 14.2 Å². The summed E-state index contributed by atoms with van der Waals surface area (Å²) in [5, 5.41) is 3.71. The van der Waals surface area contributed by atoms with Crippen molar-refractivity contribution in [1.29, 1.82) is 0 Å². The van der Waals surface area contributed by atoms with Crippen molar-refractivity contribution in [3.8, 4) is 10.6 Å². The number of esters is 2. The molecule has 2 heterocycles. The summed E-state index contributed by atoms with van der Waals surface area (Å²) in [5.41, 5.74) is 0.122. The second-order valence-corrected chi connectivity index (χ2v) is 5.04. The second kappa shape index (κ2) is 5.41. The SMILES string of the molecule is COC(=O)c1onc(-c2ccc(Cl)s2)c1C(=O)OC. The molecule has 0 aliphatic carbocycles. The van der Waals surface area contributed by atoms with Crippen LogP contribution in [0.2, 0.25) is 4.34 Å². The summed E-state index contributed by atoms with van der Waals surface area (Å²) in [6.07, 6.45) is 0. The number of carbonyl (C=O) groups is 2. The molecule has 0 N–H and O–H groups in total. The highest BCUT2D eigenvalue weighted by Crippen LogP contribution is 2.34. The summed E-state index contributed by atoms with van der Waals surface area (Å²) in [7, 11) is 2.37. The summed E-state index contributed by atoms with van der Waals surface area (Å²) in [5.74, 6) is -1.84. The van der Waals surface area contributed by atoms with Crippen molar-refractivity contribution in [2.24, 2.45) is 0 Å². The molecule has 0 radical (unpaired) electrons. The Balaban J connectivity index is 2.59. The van der Waals surface area contributed by atoms with Crippen LogP contribution in [0.4, 0.5) is 0 Å². The maximum Gasteiger partial charge on any atom is 0.377 e. The minimum atomic E-state index is -0.804. The molecule has 0 fully saturated rings. The van der Waals surface area contributed by atoms with Gasteiger partial charge in [-0.25, -0.2) is 9.59 Å². The van der Waals surface area contributed by atoms with Gasteiger partial charge in [-0.1, -0.05) is 16.8 Å². The first-order valence-electron chi connectivity index (χ1n) is 5.00. The molecule has 2 aromatic heterocycles. The fraction of sp³-hybridized carbons (Fsp3) is 0.182. The van der Waals surface area contributed by atoms with Crippen molar-refractivity contribution < 1.29 is 23.6 Å². The second-order valence-electron chi connectivity index (χ2n) is 3.32. The lowest BCUT2D eigenvalue weighted by molar-refractivity contribution is 0.0521. The van der Waals surface area contributed by atoms with Crippen LogP contribution in [0.15, 0.2) is 16.7 Å². The predicted molar refractivity (Wildman–Crippen MR) is 67.5 cm³/mol. The molecule has 6 nitrogen and oxygen atoms in total. The predicted octanol–water partition coefficient (Wildman–Crippen LogP) is 2.63. The Hall–Kier alpha value is -1.86. The normalized spacial score (nSPS) is 10.3. The number of hydrogen-bond acceptors (Lipinski definition) is 7. The van der Waals surface area contributed by atoms with E-state index in [1.54, 1.807) is 12.1 Å². The molecule has 0 unspecified atom stereocenters. The van der Waals surface area contributed by atoms with Crippen LogP contribution >= 0.6 is 22.9 Å². The molecule has 100 valence electrons. The van der Waals surface area contributed by atoms with Crippen LogP contribution in [0, 0.1) is 0 Å². The number of hydrogen-bond donors (Lipinski definition) is 0. The molecule has 0 bridgehead atoms. The van der Waals surface area contributed by atoms with Crippen molar-refractivity contribution in [2.45, 2.75) is 0 Å². The Kier molecular flexibility index (Phi) is 3.87. The van der Waals surface area contributed by atoms with Gasteiger partial charge in [-0.05, 0) is 12.1 Å². The zero-order valence-electron chi connectivity index (χ0n) is 9.93. The van der Waals surface area contributed by atoms with Crippen LogP contribution < -0.4 is 0 Å². The fourth-order valence-corrected chi connectivity index (χ4v) is 2.45. The van der Waals surface area contributed by atoms with Gasteiger partial charge in [0.1, 0.15) is 11.3 Å². The Morgan fingerprint density at radius 3 is 2.47 bits per heavy atom. The van der Waals surface area contributed by atoms with Gasteiger partial charge in [-0.2, -0.15) is 0 Å². The Morgan fingerprint density at radius 2 is 1.95 bits per heavy atom. The van der Waals surface area contributed by atoms with Crippen LogP contribution in [0.5, 0.6) is 0 Å². The number of carbonyl (C=O) groups excluding carboxylic acids is 2. The van der Waals surface area contributed by atoms with E-state index < -0.39 is 11.9 Å². The van der Waals surface area contributed by atoms with Crippen LogP contribution in [-0.4, -0.2) is 31.3 Å². The third kappa shape index (κ3) is 2.47. The van der Waals surface area contributed by atoms with Gasteiger partial charge in [-0.3, -0.25) is 0 Å².